The number of nitrogens with zero attached hydrogens (tertiary/aromatic N) is 1. The molecule has 0 unspecified atom stereocenters. The van der Waals surface area contributed by atoms with E-state index in [4.69, 9.17) is 4.74 Å². The summed E-state index contributed by atoms with van der Waals surface area (Å²) < 4.78 is 6.39. The standard InChI is InChI=1S/C15H11BrN2O2S2/c16-10-3-5-11(6-4-10)20-8-14(19)18-15-17-12(9-22-15)13-2-1-7-21-13/h1-7,9H,8H2,(H,17,18,19). The minimum Gasteiger partial charge on any atom is -0.484 e. The molecule has 1 N–H and O–H groups in total. The molecule has 0 aliphatic rings. The fourth-order valence-electron chi connectivity index (χ4n) is 1.70. The number of halogens is 1. The van der Waals surface area contributed by atoms with Crippen LogP contribution in [0, 0.1) is 0 Å². The van der Waals surface area contributed by atoms with Crippen molar-refractivity contribution in [2.24, 2.45) is 0 Å². The number of hydrogen-bond donors (Lipinski definition) is 1. The van der Waals surface area contributed by atoms with E-state index in [9.17, 15) is 4.79 Å². The van der Waals surface area contributed by atoms with Crippen LogP contribution in [-0.2, 0) is 4.79 Å². The Balaban J connectivity index is 1.54. The molecule has 0 spiro atoms. The SMILES string of the molecule is O=C(COc1ccc(Br)cc1)Nc1nc(-c2cccs2)cs1. The Morgan fingerprint density at radius 3 is 2.77 bits per heavy atom. The summed E-state index contributed by atoms with van der Waals surface area (Å²) in [5, 5.41) is 7.25. The lowest BCUT2D eigenvalue weighted by atomic mass is 10.3. The fourth-order valence-corrected chi connectivity index (χ4v) is 3.46. The second-order valence-corrected chi connectivity index (χ2v) is 7.03. The number of thiazole rings is 1. The topological polar surface area (TPSA) is 51.2 Å². The molecule has 0 saturated heterocycles. The van der Waals surface area contributed by atoms with Crippen LogP contribution in [0.25, 0.3) is 10.6 Å². The van der Waals surface area contributed by atoms with Crippen molar-refractivity contribution in [1.82, 2.24) is 4.98 Å². The molecule has 0 atom stereocenters. The van der Waals surface area contributed by atoms with Gasteiger partial charge in [0.05, 0.1) is 10.6 Å². The molecule has 0 radical (unpaired) electrons. The van der Waals surface area contributed by atoms with E-state index in [0.717, 1.165) is 15.0 Å². The molecule has 1 aromatic carbocycles. The van der Waals surface area contributed by atoms with Crippen molar-refractivity contribution < 1.29 is 9.53 Å². The molecule has 3 rings (SSSR count). The first-order valence-corrected chi connectivity index (χ1v) is 8.93. The van der Waals surface area contributed by atoms with Gasteiger partial charge in [0.15, 0.2) is 11.7 Å². The van der Waals surface area contributed by atoms with Crippen molar-refractivity contribution in [2.45, 2.75) is 0 Å². The molecule has 0 aliphatic carbocycles. The summed E-state index contributed by atoms with van der Waals surface area (Å²) >= 11 is 6.37. The predicted molar refractivity (Wildman–Crippen MR) is 93.7 cm³/mol. The van der Waals surface area contributed by atoms with Gasteiger partial charge in [0, 0.05) is 9.85 Å². The van der Waals surface area contributed by atoms with Crippen LogP contribution in [0.2, 0.25) is 0 Å². The van der Waals surface area contributed by atoms with Gasteiger partial charge in [-0.1, -0.05) is 22.0 Å². The van der Waals surface area contributed by atoms with Crippen LogP contribution in [-0.4, -0.2) is 17.5 Å². The van der Waals surface area contributed by atoms with E-state index in [1.54, 1.807) is 23.5 Å². The van der Waals surface area contributed by atoms with Gasteiger partial charge in [0.1, 0.15) is 5.75 Å². The Morgan fingerprint density at radius 2 is 2.05 bits per heavy atom. The Morgan fingerprint density at radius 1 is 1.23 bits per heavy atom. The minimum atomic E-state index is -0.227. The normalized spacial score (nSPS) is 10.4. The van der Waals surface area contributed by atoms with E-state index >= 15 is 0 Å². The molecule has 112 valence electrons. The van der Waals surface area contributed by atoms with E-state index < -0.39 is 0 Å². The number of ether oxygens (including phenoxy) is 1. The Bertz CT molecular complexity index is 754. The fraction of sp³-hybridized carbons (Fsp3) is 0.0667. The van der Waals surface area contributed by atoms with E-state index in [1.807, 2.05) is 35.0 Å². The second kappa shape index (κ2) is 7.04. The smallest absolute Gasteiger partial charge is 0.264 e. The highest BCUT2D eigenvalue weighted by Gasteiger charge is 2.09. The van der Waals surface area contributed by atoms with Crippen LogP contribution in [0.5, 0.6) is 5.75 Å². The number of carbonyl (C=O) groups excluding carboxylic acids is 1. The van der Waals surface area contributed by atoms with Crippen molar-refractivity contribution in [3.63, 3.8) is 0 Å². The third-order valence-corrected chi connectivity index (χ3v) is 4.89. The number of amides is 1. The molecule has 2 aromatic heterocycles. The minimum absolute atomic E-state index is 0.0461. The first-order valence-electron chi connectivity index (χ1n) is 6.38. The van der Waals surface area contributed by atoms with Crippen LogP contribution in [0.4, 0.5) is 5.13 Å². The number of anilines is 1. The van der Waals surface area contributed by atoms with Crippen molar-refractivity contribution in [3.05, 3.63) is 51.6 Å². The molecule has 0 saturated carbocycles. The molecule has 7 heteroatoms. The molecular weight excluding hydrogens is 384 g/mol. The van der Waals surface area contributed by atoms with Crippen molar-refractivity contribution in [1.29, 1.82) is 0 Å². The highest BCUT2D eigenvalue weighted by molar-refractivity contribution is 9.10. The molecule has 3 aromatic rings. The van der Waals surface area contributed by atoms with Crippen LogP contribution in [0.15, 0.2) is 51.6 Å². The number of aromatic nitrogens is 1. The van der Waals surface area contributed by atoms with Crippen LogP contribution >= 0.6 is 38.6 Å². The number of thiophene rings is 1. The molecule has 4 nitrogen and oxygen atoms in total. The van der Waals surface area contributed by atoms with E-state index in [-0.39, 0.29) is 12.5 Å². The van der Waals surface area contributed by atoms with E-state index in [1.165, 1.54) is 11.3 Å². The van der Waals surface area contributed by atoms with Crippen molar-refractivity contribution in [3.8, 4) is 16.3 Å². The van der Waals surface area contributed by atoms with Gasteiger partial charge in [-0.05, 0) is 35.7 Å². The van der Waals surface area contributed by atoms with Gasteiger partial charge in [-0.2, -0.15) is 0 Å². The molecular formula is C15H11BrN2O2S2. The number of hydrogen-bond acceptors (Lipinski definition) is 5. The molecule has 0 bridgehead atoms. The van der Waals surface area contributed by atoms with Crippen LogP contribution in [0.1, 0.15) is 0 Å². The summed E-state index contributed by atoms with van der Waals surface area (Å²) in [6.07, 6.45) is 0. The highest BCUT2D eigenvalue weighted by atomic mass is 79.9. The van der Waals surface area contributed by atoms with E-state index in [2.05, 4.69) is 26.2 Å². The first-order chi connectivity index (χ1) is 10.7. The van der Waals surface area contributed by atoms with Crippen molar-refractivity contribution >= 4 is 49.6 Å². The summed E-state index contributed by atoms with van der Waals surface area (Å²) in [4.78, 5) is 17.4. The number of carbonyl (C=O) groups is 1. The molecule has 1 amide bonds. The van der Waals surface area contributed by atoms with E-state index in [0.29, 0.717) is 10.9 Å². The lowest BCUT2D eigenvalue weighted by Gasteiger charge is -2.05. The second-order valence-electron chi connectivity index (χ2n) is 4.31. The maximum Gasteiger partial charge on any atom is 0.264 e. The Hall–Kier alpha value is -1.70. The summed E-state index contributed by atoms with van der Waals surface area (Å²) in [6.45, 7) is -0.0461. The number of nitrogens with one attached hydrogen (secondary N) is 1. The van der Waals surface area contributed by atoms with Gasteiger partial charge in [-0.25, -0.2) is 4.98 Å². The largest absolute Gasteiger partial charge is 0.484 e. The van der Waals surface area contributed by atoms with Gasteiger partial charge in [-0.15, -0.1) is 22.7 Å². The molecule has 0 fully saturated rings. The predicted octanol–water partition coefficient (Wildman–Crippen LogP) is 4.65. The van der Waals surface area contributed by atoms with Gasteiger partial charge in [0.2, 0.25) is 0 Å². The quantitative estimate of drug-likeness (QED) is 0.684. The number of benzene rings is 1. The number of rotatable bonds is 5. The molecule has 2 heterocycles. The lowest BCUT2D eigenvalue weighted by Crippen LogP contribution is -2.20. The molecule has 22 heavy (non-hydrogen) atoms. The van der Waals surface area contributed by atoms with Gasteiger partial charge >= 0.3 is 0 Å². The summed E-state index contributed by atoms with van der Waals surface area (Å²) in [5.74, 6) is 0.423. The third kappa shape index (κ3) is 3.94. The summed E-state index contributed by atoms with van der Waals surface area (Å²) in [7, 11) is 0. The zero-order chi connectivity index (χ0) is 15.4. The zero-order valence-corrected chi connectivity index (χ0v) is 14.5. The summed E-state index contributed by atoms with van der Waals surface area (Å²) in [5.41, 5.74) is 0.879. The average molecular weight is 395 g/mol. The van der Waals surface area contributed by atoms with Gasteiger partial charge in [0.25, 0.3) is 5.91 Å². The van der Waals surface area contributed by atoms with Crippen molar-refractivity contribution in [2.75, 3.05) is 11.9 Å². The average Bonchev–Trinajstić information content (AvgIpc) is 3.17. The molecule has 0 aliphatic heterocycles. The maximum absolute atomic E-state index is 11.9. The highest BCUT2D eigenvalue weighted by Crippen LogP contribution is 2.28. The van der Waals surface area contributed by atoms with Crippen LogP contribution in [0.3, 0.4) is 0 Å². The first kappa shape index (κ1) is 15.2. The third-order valence-electron chi connectivity index (χ3n) is 2.71. The summed E-state index contributed by atoms with van der Waals surface area (Å²) in [6, 6.07) is 11.3. The van der Waals surface area contributed by atoms with Gasteiger partial charge < -0.3 is 4.74 Å². The monoisotopic (exact) mass is 394 g/mol. The Kier molecular flexibility index (Phi) is 4.87. The lowest BCUT2D eigenvalue weighted by molar-refractivity contribution is -0.118. The van der Waals surface area contributed by atoms with Gasteiger partial charge in [-0.3, -0.25) is 10.1 Å². The zero-order valence-electron chi connectivity index (χ0n) is 11.3. The maximum atomic E-state index is 11.9. The Labute approximate surface area is 143 Å². The van der Waals surface area contributed by atoms with Crippen LogP contribution < -0.4 is 10.1 Å².